The maximum absolute atomic E-state index is 5.56. The first-order valence-electron chi connectivity index (χ1n) is 7.99. The Kier molecular flexibility index (Phi) is 6.45. The zero-order chi connectivity index (χ0) is 15.8. The predicted octanol–water partition coefficient (Wildman–Crippen LogP) is 1.38. The van der Waals surface area contributed by atoms with Crippen molar-refractivity contribution in [3.8, 4) is 0 Å². The molecule has 0 saturated carbocycles. The predicted molar refractivity (Wildman–Crippen MR) is 90.4 cm³/mol. The van der Waals surface area contributed by atoms with Crippen LogP contribution in [0.2, 0.25) is 0 Å². The second-order valence-electron chi connectivity index (χ2n) is 5.50. The second-order valence-corrected chi connectivity index (χ2v) is 5.50. The molecule has 1 aromatic rings. The van der Waals surface area contributed by atoms with Crippen LogP contribution in [0.1, 0.15) is 25.8 Å². The molecule has 2 rings (SSSR count). The number of guanidine groups is 1. The fourth-order valence-electron chi connectivity index (χ4n) is 2.38. The molecule has 1 aliphatic heterocycles. The number of nitrogens with one attached hydrogen (secondary N) is 2. The Labute approximate surface area is 133 Å². The highest BCUT2D eigenvalue weighted by Crippen LogP contribution is 2.15. The number of aromatic nitrogens is 1. The Hall–Kier alpha value is -1.82. The lowest BCUT2D eigenvalue weighted by Gasteiger charge is -2.32. The molecular formula is C16H27N5O. The number of morpholine rings is 1. The van der Waals surface area contributed by atoms with Gasteiger partial charge in [0.15, 0.2) is 5.96 Å². The smallest absolute Gasteiger partial charge is 0.191 e. The summed E-state index contributed by atoms with van der Waals surface area (Å²) in [7, 11) is 1.78. The number of aliphatic imine (C=N–C) groups is 1. The number of pyridine rings is 1. The van der Waals surface area contributed by atoms with E-state index in [9.17, 15) is 0 Å². The van der Waals surface area contributed by atoms with Gasteiger partial charge >= 0.3 is 0 Å². The Morgan fingerprint density at radius 3 is 2.95 bits per heavy atom. The standard InChI is InChI=1S/C16H27N5O/c1-4-7-18-16(17-3)20-11-14-5-6-15(19-10-14)21-8-9-22-13(2)12-21/h5-6,10,13H,4,7-9,11-12H2,1-3H3,(H2,17,18,20). The zero-order valence-electron chi connectivity index (χ0n) is 13.8. The van der Waals surface area contributed by atoms with E-state index in [0.29, 0.717) is 0 Å². The van der Waals surface area contributed by atoms with Crippen LogP contribution in [0.4, 0.5) is 5.82 Å². The van der Waals surface area contributed by atoms with Gasteiger partial charge in [-0.05, 0) is 25.0 Å². The molecule has 1 aromatic heterocycles. The molecule has 0 amide bonds. The SMILES string of the molecule is CCCNC(=NC)NCc1ccc(N2CCOC(C)C2)nc1. The first kappa shape index (κ1) is 16.5. The highest BCUT2D eigenvalue weighted by molar-refractivity contribution is 5.79. The minimum atomic E-state index is 0.268. The van der Waals surface area contributed by atoms with E-state index in [0.717, 1.165) is 56.5 Å². The first-order chi connectivity index (χ1) is 10.7. The van der Waals surface area contributed by atoms with Gasteiger partial charge in [-0.1, -0.05) is 13.0 Å². The third-order valence-electron chi connectivity index (χ3n) is 3.60. The van der Waals surface area contributed by atoms with Crippen LogP contribution >= 0.6 is 0 Å². The normalized spacial score (nSPS) is 19.1. The van der Waals surface area contributed by atoms with Gasteiger partial charge in [0.25, 0.3) is 0 Å². The van der Waals surface area contributed by atoms with Crippen LogP contribution in [-0.2, 0) is 11.3 Å². The molecule has 2 heterocycles. The van der Waals surface area contributed by atoms with E-state index in [-0.39, 0.29) is 6.10 Å². The molecule has 1 aliphatic rings. The monoisotopic (exact) mass is 305 g/mol. The summed E-state index contributed by atoms with van der Waals surface area (Å²) in [5, 5.41) is 6.55. The molecule has 0 aliphatic carbocycles. The highest BCUT2D eigenvalue weighted by Gasteiger charge is 2.17. The summed E-state index contributed by atoms with van der Waals surface area (Å²) >= 11 is 0. The average molecular weight is 305 g/mol. The fourth-order valence-corrected chi connectivity index (χ4v) is 2.38. The van der Waals surface area contributed by atoms with Crippen molar-refractivity contribution in [2.75, 3.05) is 38.2 Å². The lowest BCUT2D eigenvalue weighted by atomic mass is 10.2. The second kappa shape index (κ2) is 8.58. The van der Waals surface area contributed by atoms with Crippen molar-refractivity contribution < 1.29 is 4.74 Å². The number of hydrogen-bond donors (Lipinski definition) is 2. The lowest BCUT2D eigenvalue weighted by Crippen LogP contribution is -2.41. The summed E-state index contributed by atoms with van der Waals surface area (Å²) < 4.78 is 5.56. The molecule has 0 spiro atoms. The molecule has 1 saturated heterocycles. The molecule has 1 fully saturated rings. The van der Waals surface area contributed by atoms with E-state index in [1.165, 1.54) is 0 Å². The van der Waals surface area contributed by atoms with Crippen LogP contribution in [-0.4, -0.2) is 50.3 Å². The summed E-state index contributed by atoms with van der Waals surface area (Å²) in [5.74, 6) is 1.85. The first-order valence-corrected chi connectivity index (χ1v) is 7.99. The number of rotatable bonds is 5. The van der Waals surface area contributed by atoms with Crippen LogP contribution in [0.5, 0.6) is 0 Å². The van der Waals surface area contributed by atoms with Gasteiger partial charge in [-0.15, -0.1) is 0 Å². The van der Waals surface area contributed by atoms with Crippen molar-refractivity contribution in [1.29, 1.82) is 0 Å². The lowest BCUT2D eigenvalue weighted by molar-refractivity contribution is 0.0529. The van der Waals surface area contributed by atoms with E-state index in [1.807, 2.05) is 6.20 Å². The third-order valence-corrected chi connectivity index (χ3v) is 3.60. The van der Waals surface area contributed by atoms with Gasteiger partial charge in [0.05, 0.1) is 12.7 Å². The summed E-state index contributed by atoms with van der Waals surface area (Å²) in [6, 6.07) is 4.19. The van der Waals surface area contributed by atoms with Gasteiger partial charge in [-0.2, -0.15) is 0 Å². The largest absolute Gasteiger partial charge is 0.375 e. The van der Waals surface area contributed by atoms with Crippen LogP contribution in [0, 0.1) is 0 Å². The molecule has 6 nitrogen and oxygen atoms in total. The molecule has 0 aromatic carbocycles. The molecule has 0 radical (unpaired) electrons. The van der Waals surface area contributed by atoms with Gasteiger partial charge in [0, 0.05) is 39.4 Å². The summed E-state index contributed by atoms with van der Waals surface area (Å²) in [4.78, 5) is 11.0. The topological polar surface area (TPSA) is 61.8 Å². The zero-order valence-corrected chi connectivity index (χ0v) is 13.8. The van der Waals surface area contributed by atoms with Gasteiger partial charge in [-0.25, -0.2) is 4.98 Å². The number of hydrogen-bond acceptors (Lipinski definition) is 4. The Morgan fingerprint density at radius 1 is 1.45 bits per heavy atom. The highest BCUT2D eigenvalue weighted by atomic mass is 16.5. The van der Waals surface area contributed by atoms with E-state index in [1.54, 1.807) is 7.05 Å². The quantitative estimate of drug-likeness (QED) is 0.636. The molecular weight excluding hydrogens is 278 g/mol. The molecule has 0 bridgehead atoms. The molecule has 1 atom stereocenters. The summed E-state index contributed by atoms with van der Waals surface area (Å²) in [6.07, 6.45) is 3.27. The van der Waals surface area contributed by atoms with Crippen LogP contribution in [0.3, 0.4) is 0 Å². The van der Waals surface area contributed by atoms with Crippen molar-refractivity contribution in [1.82, 2.24) is 15.6 Å². The van der Waals surface area contributed by atoms with Crippen LogP contribution in [0.25, 0.3) is 0 Å². The third kappa shape index (κ3) is 4.87. The van der Waals surface area contributed by atoms with E-state index in [2.05, 4.69) is 51.5 Å². The number of ether oxygens (including phenoxy) is 1. The van der Waals surface area contributed by atoms with Crippen LogP contribution < -0.4 is 15.5 Å². The van der Waals surface area contributed by atoms with Gasteiger partial charge in [-0.3, -0.25) is 4.99 Å². The Bertz CT molecular complexity index is 474. The van der Waals surface area contributed by atoms with E-state index >= 15 is 0 Å². The Morgan fingerprint density at radius 2 is 2.32 bits per heavy atom. The van der Waals surface area contributed by atoms with Gasteiger partial charge in [0.1, 0.15) is 5.82 Å². The molecule has 122 valence electrons. The van der Waals surface area contributed by atoms with Crippen LogP contribution in [0.15, 0.2) is 23.3 Å². The van der Waals surface area contributed by atoms with E-state index < -0.39 is 0 Å². The van der Waals surface area contributed by atoms with Crippen molar-refractivity contribution in [3.63, 3.8) is 0 Å². The fraction of sp³-hybridized carbons (Fsp3) is 0.625. The average Bonchev–Trinajstić information content (AvgIpc) is 2.55. The molecule has 6 heteroatoms. The summed E-state index contributed by atoms with van der Waals surface area (Å²) in [5.41, 5.74) is 1.14. The minimum absolute atomic E-state index is 0.268. The van der Waals surface area contributed by atoms with Gasteiger partial charge < -0.3 is 20.3 Å². The van der Waals surface area contributed by atoms with Crippen molar-refractivity contribution >= 4 is 11.8 Å². The van der Waals surface area contributed by atoms with Crippen molar-refractivity contribution in [3.05, 3.63) is 23.9 Å². The Balaban J connectivity index is 1.86. The number of nitrogens with zero attached hydrogens (tertiary/aromatic N) is 3. The van der Waals surface area contributed by atoms with Crippen molar-refractivity contribution in [2.45, 2.75) is 32.9 Å². The molecule has 1 unspecified atom stereocenters. The van der Waals surface area contributed by atoms with Gasteiger partial charge in [0.2, 0.25) is 0 Å². The number of anilines is 1. The van der Waals surface area contributed by atoms with E-state index in [4.69, 9.17) is 4.74 Å². The molecule has 22 heavy (non-hydrogen) atoms. The maximum Gasteiger partial charge on any atom is 0.191 e. The summed E-state index contributed by atoms with van der Waals surface area (Å²) in [6.45, 7) is 8.45. The van der Waals surface area contributed by atoms with Crippen molar-refractivity contribution in [2.24, 2.45) is 4.99 Å². The maximum atomic E-state index is 5.56. The molecule has 2 N–H and O–H groups in total. The minimum Gasteiger partial charge on any atom is -0.375 e.